The molecule has 2 N–H and O–H groups in total. The highest BCUT2D eigenvalue weighted by Crippen LogP contribution is 2.40. The topological polar surface area (TPSA) is 56.7 Å². The fraction of sp³-hybridized carbons (Fsp3) is 0.500. The summed E-state index contributed by atoms with van der Waals surface area (Å²) in [5.41, 5.74) is 8.86. The highest BCUT2D eigenvalue weighted by atomic mass is 32.1. The molecule has 0 aliphatic heterocycles. The minimum Gasteiger partial charge on any atom is -0.324 e. The summed E-state index contributed by atoms with van der Waals surface area (Å²) < 4.78 is 1.95. The normalized spacial score (nSPS) is 22.4. The fourth-order valence-electron chi connectivity index (χ4n) is 2.59. The Morgan fingerprint density at radius 2 is 2.35 bits per heavy atom. The van der Waals surface area contributed by atoms with E-state index >= 15 is 0 Å². The summed E-state index contributed by atoms with van der Waals surface area (Å²) in [5.74, 6) is 0. The van der Waals surface area contributed by atoms with E-state index in [1.165, 1.54) is 11.3 Å². The van der Waals surface area contributed by atoms with Gasteiger partial charge < -0.3 is 5.73 Å². The zero-order chi connectivity index (χ0) is 12.0. The van der Waals surface area contributed by atoms with E-state index in [2.05, 4.69) is 23.9 Å². The minimum absolute atomic E-state index is 0.0995. The summed E-state index contributed by atoms with van der Waals surface area (Å²) in [6.07, 6.45) is 5.73. The third-order valence-corrected chi connectivity index (χ3v) is 4.07. The predicted octanol–water partition coefficient (Wildman–Crippen LogP) is 2.30. The van der Waals surface area contributed by atoms with Gasteiger partial charge in [-0.2, -0.15) is 5.10 Å². The van der Waals surface area contributed by atoms with E-state index < -0.39 is 0 Å². The van der Waals surface area contributed by atoms with Crippen molar-refractivity contribution in [2.24, 2.45) is 11.1 Å². The quantitative estimate of drug-likeness (QED) is 0.842. The van der Waals surface area contributed by atoms with E-state index in [0.717, 1.165) is 18.0 Å². The smallest absolute Gasteiger partial charge is 0.210 e. The van der Waals surface area contributed by atoms with Crippen LogP contribution in [0.3, 0.4) is 0 Å². The predicted molar refractivity (Wildman–Crippen MR) is 68.3 cm³/mol. The summed E-state index contributed by atoms with van der Waals surface area (Å²) in [7, 11) is 0. The SMILES string of the molecule is CC1(C)Cc2c(cnn2-c2nccs2)C(N)C1. The van der Waals surface area contributed by atoms with Crippen LogP contribution < -0.4 is 5.73 Å². The molecule has 2 heterocycles. The molecule has 0 bridgehead atoms. The molecule has 0 radical (unpaired) electrons. The van der Waals surface area contributed by atoms with Crippen molar-refractivity contribution < 1.29 is 0 Å². The minimum atomic E-state index is 0.0995. The molecule has 3 rings (SSSR count). The van der Waals surface area contributed by atoms with E-state index in [1.807, 2.05) is 22.5 Å². The van der Waals surface area contributed by atoms with Crippen LogP contribution in [0.25, 0.3) is 5.13 Å². The Hall–Kier alpha value is -1.20. The average molecular weight is 248 g/mol. The molecular weight excluding hydrogens is 232 g/mol. The first kappa shape index (κ1) is 10.9. The average Bonchev–Trinajstić information content (AvgIpc) is 2.82. The van der Waals surface area contributed by atoms with Gasteiger partial charge in [-0.25, -0.2) is 9.67 Å². The summed E-state index contributed by atoms with van der Waals surface area (Å²) in [4.78, 5) is 4.32. The first-order valence-corrected chi connectivity index (χ1v) is 6.67. The highest BCUT2D eigenvalue weighted by molar-refractivity contribution is 7.12. The van der Waals surface area contributed by atoms with Crippen LogP contribution in [0.5, 0.6) is 0 Å². The fourth-order valence-corrected chi connectivity index (χ4v) is 3.21. The number of fused-ring (bicyclic) bond motifs is 1. The molecule has 1 unspecified atom stereocenters. The maximum absolute atomic E-state index is 6.22. The van der Waals surface area contributed by atoms with Gasteiger partial charge in [-0.05, 0) is 18.3 Å². The van der Waals surface area contributed by atoms with Crippen LogP contribution in [0.15, 0.2) is 17.8 Å². The summed E-state index contributed by atoms with van der Waals surface area (Å²) in [6, 6.07) is 0.0995. The molecule has 1 atom stereocenters. The van der Waals surface area contributed by atoms with Crippen LogP contribution in [-0.2, 0) is 6.42 Å². The molecular formula is C12H16N4S. The van der Waals surface area contributed by atoms with Crippen molar-refractivity contribution in [3.8, 4) is 5.13 Å². The summed E-state index contributed by atoms with van der Waals surface area (Å²) >= 11 is 1.60. The standard InChI is InChI=1S/C12H16N4S/c1-12(2)5-9(13)8-7-15-16(10(8)6-12)11-14-3-4-17-11/h3-4,7,9H,5-6,13H2,1-2H3. The molecule has 0 aromatic carbocycles. The lowest BCUT2D eigenvalue weighted by molar-refractivity contribution is 0.278. The number of nitrogens with zero attached hydrogens (tertiary/aromatic N) is 3. The van der Waals surface area contributed by atoms with Gasteiger partial charge in [0.05, 0.1) is 11.9 Å². The lowest BCUT2D eigenvalue weighted by Crippen LogP contribution is -2.30. The molecule has 2 aromatic rings. The van der Waals surface area contributed by atoms with E-state index in [0.29, 0.717) is 0 Å². The Balaban J connectivity index is 2.11. The first-order chi connectivity index (χ1) is 8.07. The Morgan fingerprint density at radius 1 is 1.53 bits per heavy atom. The van der Waals surface area contributed by atoms with E-state index in [9.17, 15) is 0 Å². The molecule has 2 aromatic heterocycles. The van der Waals surface area contributed by atoms with Gasteiger partial charge in [0.15, 0.2) is 0 Å². The van der Waals surface area contributed by atoms with Gasteiger partial charge >= 0.3 is 0 Å². The van der Waals surface area contributed by atoms with Crippen LogP contribution >= 0.6 is 11.3 Å². The Bertz CT molecular complexity index is 527. The van der Waals surface area contributed by atoms with Crippen molar-refractivity contribution >= 4 is 11.3 Å². The molecule has 0 spiro atoms. The second kappa shape index (κ2) is 3.65. The molecule has 1 aliphatic carbocycles. The van der Waals surface area contributed by atoms with E-state index in [1.54, 1.807) is 11.3 Å². The largest absolute Gasteiger partial charge is 0.324 e. The second-order valence-electron chi connectivity index (χ2n) is 5.42. The zero-order valence-electron chi connectivity index (χ0n) is 10.1. The number of aromatic nitrogens is 3. The lowest BCUT2D eigenvalue weighted by atomic mass is 9.75. The molecule has 0 fully saturated rings. The molecule has 0 saturated carbocycles. The Labute approximate surface area is 104 Å². The Kier molecular flexibility index (Phi) is 2.34. The van der Waals surface area contributed by atoms with Gasteiger partial charge in [-0.3, -0.25) is 0 Å². The maximum Gasteiger partial charge on any atom is 0.210 e. The molecule has 90 valence electrons. The first-order valence-electron chi connectivity index (χ1n) is 5.79. The summed E-state index contributed by atoms with van der Waals surface area (Å²) in [5, 5.41) is 7.34. The molecule has 0 saturated heterocycles. The highest BCUT2D eigenvalue weighted by Gasteiger charge is 2.33. The molecule has 1 aliphatic rings. The van der Waals surface area contributed by atoms with Gasteiger partial charge in [-0.1, -0.05) is 13.8 Å². The molecule has 0 amide bonds. The van der Waals surface area contributed by atoms with Crippen LogP contribution in [0, 0.1) is 5.41 Å². The number of hydrogen-bond donors (Lipinski definition) is 1. The zero-order valence-corrected chi connectivity index (χ0v) is 10.9. The van der Waals surface area contributed by atoms with Crippen molar-refractivity contribution in [3.05, 3.63) is 29.0 Å². The van der Waals surface area contributed by atoms with Gasteiger partial charge in [0.25, 0.3) is 0 Å². The number of thiazole rings is 1. The van der Waals surface area contributed by atoms with Gasteiger partial charge in [-0.15, -0.1) is 11.3 Å². The van der Waals surface area contributed by atoms with E-state index in [-0.39, 0.29) is 11.5 Å². The van der Waals surface area contributed by atoms with Crippen LogP contribution in [-0.4, -0.2) is 14.8 Å². The van der Waals surface area contributed by atoms with E-state index in [4.69, 9.17) is 5.73 Å². The molecule has 4 nitrogen and oxygen atoms in total. The maximum atomic E-state index is 6.22. The van der Waals surface area contributed by atoms with Crippen molar-refractivity contribution in [2.45, 2.75) is 32.7 Å². The summed E-state index contributed by atoms with van der Waals surface area (Å²) in [6.45, 7) is 4.52. The number of rotatable bonds is 1. The molecule has 17 heavy (non-hydrogen) atoms. The van der Waals surface area contributed by atoms with Crippen LogP contribution in [0.1, 0.15) is 37.6 Å². The van der Waals surface area contributed by atoms with Crippen molar-refractivity contribution in [2.75, 3.05) is 0 Å². The third kappa shape index (κ3) is 1.79. The van der Waals surface area contributed by atoms with Gasteiger partial charge in [0.1, 0.15) is 0 Å². The van der Waals surface area contributed by atoms with Crippen molar-refractivity contribution in [1.29, 1.82) is 0 Å². The molecule has 5 heteroatoms. The number of hydrogen-bond acceptors (Lipinski definition) is 4. The third-order valence-electron chi connectivity index (χ3n) is 3.32. The lowest BCUT2D eigenvalue weighted by Gasteiger charge is -2.33. The Morgan fingerprint density at radius 3 is 3.06 bits per heavy atom. The second-order valence-corrected chi connectivity index (χ2v) is 6.30. The number of nitrogens with two attached hydrogens (primary N) is 1. The van der Waals surface area contributed by atoms with Crippen LogP contribution in [0.2, 0.25) is 0 Å². The van der Waals surface area contributed by atoms with Gasteiger partial charge in [0, 0.05) is 23.2 Å². The van der Waals surface area contributed by atoms with Crippen molar-refractivity contribution in [1.82, 2.24) is 14.8 Å². The van der Waals surface area contributed by atoms with Crippen LogP contribution in [0.4, 0.5) is 0 Å². The van der Waals surface area contributed by atoms with Gasteiger partial charge in [0.2, 0.25) is 5.13 Å². The monoisotopic (exact) mass is 248 g/mol. The van der Waals surface area contributed by atoms with Crippen molar-refractivity contribution in [3.63, 3.8) is 0 Å².